The lowest BCUT2D eigenvalue weighted by Crippen LogP contribution is -2.52. The van der Waals surface area contributed by atoms with Gasteiger partial charge < -0.3 is 25.6 Å². The van der Waals surface area contributed by atoms with E-state index in [-0.39, 0.29) is 95.1 Å². The molecule has 1 saturated heterocycles. The third kappa shape index (κ3) is 9.36. The van der Waals surface area contributed by atoms with Crippen LogP contribution in [0.15, 0.2) is 90.1 Å². The molecule has 1 saturated carbocycles. The van der Waals surface area contributed by atoms with E-state index in [1.807, 2.05) is 30.3 Å². The summed E-state index contributed by atoms with van der Waals surface area (Å²) in [6, 6.07) is 18.0. The second-order valence-electron chi connectivity index (χ2n) is 16.0. The van der Waals surface area contributed by atoms with Gasteiger partial charge >= 0.3 is 0 Å². The van der Waals surface area contributed by atoms with Gasteiger partial charge in [-0.1, -0.05) is 29.5 Å². The first-order valence-corrected chi connectivity index (χ1v) is 21.7. The van der Waals surface area contributed by atoms with Crippen LogP contribution in [0.25, 0.3) is 22.0 Å². The van der Waals surface area contributed by atoms with Crippen LogP contribution in [0.5, 0.6) is 5.75 Å². The van der Waals surface area contributed by atoms with Gasteiger partial charge in [-0.2, -0.15) is 3.89 Å². The fourth-order valence-electron chi connectivity index (χ4n) is 7.90. The number of imide groups is 1. The monoisotopic (exact) mass is 903 g/mol. The zero-order valence-corrected chi connectivity index (χ0v) is 35.4. The number of nitrogens with zero attached hydrogens (tertiary/aromatic N) is 5. The molecule has 0 spiro atoms. The van der Waals surface area contributed by atoms with Gasteiger partial charge in [-0.15, -0.1) is 5.10 Å². The molecular formula is C46H40F3N9O6S. The summed E-state index contributed by atoms with van der Waals surface area (Å²) in [7, 11) is 0. The number of benzene rings is 4. The zero-order valence-electron chi connectivity index (χ0n) is 34.5. The number of ether oxygens (including phenoxy) is 1. The van der Waals surface area contributed by atoms with Crippen LogP contribution >= 0.6 is 12.1 Å². The summed E-state index contributed by atoms with van der Waals surface area (Å²) in [6.07, 6.45) is 6.25. The molecule has 9 rings (SSSR count). The van der Waals surface area contributed by atoms with E-state index in [1.54, 1.807) is 10.9 Å². The Hall–Kier alpha value is -7.28. The highest BCUT2D eigenvalue weighted by molar-refractivity contribution is 7.94. The van der Waals surface area contributed by atoms with Crippen LogP contribution in [0, 0.1) is 11.6 Å². The molecule has 1 unspecified atom stereocenters. The molecule has 3 aliphatic rings. The number of hydrogen-bond donors (Lipinski definition) is 4. The number of pyridine rings is 1. The van der Waals surface area contributed by atoms with Gasteiger partial charge in [0.2, 0.25) is 11.8 Å². The van der Waals surface area contributed by atoms with Gasteiger partial charge in [0.05, 0.1) is 47.2 Å². The highest BCUT2D eigenvalue weighted by Gasteiger charge is 2.40. The van der Waals surface area contributed by atoms with Crippen LogP contribution in [0.1, 0.15) is 80.9 Å². The molecule has 0 bridgehead atoms. The lowest BCUT2D eigenvalue weighted by atomic mass is 9.98. The summed E-state index contributed by atoms with van der Waals surface area (Å²) < 4.78 is 52.5. The maximum atomic E-state index is 15.6. The topological polar surface area (TPSA) is 190 Å². The molecule has 15 nitrogen and oxygen atoms in total. The zero-order chi connectivity index (χ0) is 45.2. The van der Waals surface area contributed by atoms with E-state index in [0.29, 0.717) is 52.9 Å². The van der Waals surface area contributed by atoms with E-state index in [4.69, 9.17) is 4.74 Å². The van der Waals surface area contributed by atoms with E-state index in [9.17, 15) is 27.9 Å². The molecule has 332 valence electrons. The number of para-hydroxylation sites is 1. The Balaban J connectivity index is 0.797. The molecule has 6 aromatic rings. The molecule has 1 aliphatic carbocycles. The van der Waals surface area contributed by atoms with Crippen molar-refractivity contribution in [2.24, 2.45) is 0 Å². The number of aryl methyl sites for hydroxylation is 1. The van der Waals surface area contributed by atoms with Crippen LogP contribution in [0.2, 0.25) is 0 Å². The predicted octanol–water partition coefficient (Wildman–Crippen LogP) is 6.93. The molecule has 65 heavy (non-hydrogen) atoms. The number of carbonyl (C=O) groups is 5. The van der Waals surface area contributed by atoms with Crippen LogP contribution in [-0.4, -0.2) is 73.0 Å². The number of amides is 5. The third-order valence-corrected chi connectivity index (χ3v) is 11.8. The van der Waals surface area contributed by atoms with Crippen molar-refractivity contribution in [1.82, 2.24) is 40.8 Å². The van der Waals surface area contributed by atoms with E-state index in [0.717, 1.165) is 18.9 Å². The Labute approximate surface area is 373 Å². The molecule has 2 fully saturated rings. The first kappa shape index (κ1) is 43.0. The number of rotatable bonds is 16. The second kappa shape index (κ2) is 18.4. The van der Waals surface area contributed by atoms with Crippen LogP contribution in [0.3, 0.4) is 0 Å². The molecule has 4 N–H and O–H groups in total. The normalized spacial score (nSPS) is 15.8. The van der Waals surface area contributed by atoms with Crippen LogP contribution in [-0.2, 0) is 29.3 Å². The fourth-order valence-corrected chi connectivity index (χ4v) is 8.22. The number of aromatic nitrogens is 4. The molecule has 2 aromatic heterocycles. The molecule has 5 amide bonds. The summed E-state index contributed by atoms with van der Waals surface area (Å²) in [4.78, 5) is 69.6. The van der Waals surface area contributed by atoms with Crippen molar-refractivity contribution in [1.29, 1.82) is 0 Å². The minimum atomic E-state index is -0.839. The number of unbranched alkanes of at least 4 members (excludes halogenated alkanes) is 1. The average molecular weight is 904 g/mol. The van der Waals surface area contributed by atoms with Crippen molar-refractivity contribution in [3.63, 3.8) is 0 Å². The quantitative estimate of drug-likeness (QED) is 0.0582. The van der Waals surface area contributed by atoms with Crippen molar-refractivity contribution in [3.8, 4) is 16.9 Å². The standard InChI is InChI=1S/C46H40F3N9O6S/c47-36-16-25(31-19-33-38(20-37(31)48)51-21-34(44(61)53-27-9-10-27)42(33)52-26-6-2-1-3-7-26)8-11-30(36)43(60)50-14-4-5-15-57-22-28(55-56-57)24-64-40-18-29(65-49)17-32-35(40)23-58(46(32)63)39-12-13-41(59)54-45(39)62/h1-3,6-8,11,16-22,27,39H,4-5,9-10,12-15,23-24H2,(H,50,60)(H,51,52)(H,53,61)(H,54,59,62). The number of fused-ring (bicyclic) bond motifs is 2. The summed E-state index contributed by atoms with van der Waals surface area (Å²) >= 11 is -0.0446. The second-order valence-corrected chi connectivity index (χ2v) is 16.6. The SMILES string of the molecule is O=C1CCC(N2Cc3c(OCc4cn(CCCCNC(=O)c5ccc(-c6cc7c(Nc8ccccc8)c(C(=O)NC8CC8)cnc7cc6F)cc5F)nn4)cc(SF)cc3C2=O)C(=O)N1. The number of anilines is 2. The van der Waals surface area contributed by atoms with Crippen molar-refractivity contribution in [2.45, 2.75) is 75.2 Å². The minimum Gasteiger partial charge on any atom is -0.487 e. The molecule has 19 heteroatoms. The first-order chi connectivity index (χ1) is 31.5. The van der Waals surface area contributed by atoms with E-state index in [1.165, 1.54) is 47.5 Å². The molecule has 2 aliphatic heterocycles. The Morgan fingerprint density at radius 1 is 0.908 bits per heavy atom. The first-order valence-electron chi connectivity index (χ1n) is 21.0. The highest BCUT2D eigenvalue weighted by atomic mass is 32.2. The largest absolute Gasteiger partial charge is 0.487 e. The van der Waals surface area contributed by atoms with E-state index >= 15 is 8.78 Å². The highest BCUT2D eigenvalue weighted by Crippen LogP contribution is 2.39. The van der Waals surface area contributed by atoms with E-state index in [2.05, 4.69) is 36.6 Å². The Kier molecular flexibility index (Phi) is 12.2. The molecule has 4 aromatic carbocycles. The van der Waals surface area contributed by atoms with Gasteiger partial charge in [0, 0.05) is 70.5 Å². The molecule has 1 atom stereocenters. The number of nitrogens with one attached hydrogen (secondary N) is 4. The Morgan fingerprint density at radius 2 is 1.74 bits per heavy atom. The maximum Gasteiger partial charge on any atom is 0.255 e. The molecule has 4 heterocycles. The van der Waals surface area contributed by atoms with Gasteiger partial charge in [-0.05, 0) is 80.1 Å². The van der Waals surface area contributed by atoms with E-state index < -0.39 is 41.3 Å². The summed E-state index contributed by atoms with van der Waals surface area (Å²) in [5.41, 5.74) is 2.92. The van der Waals surface area contributed by atoms with Crippen LogP contribution < -0.4 is 26.0 Å². The summed E-state index contributed by atoms with van der Waals surface area (Å²) in [5.74, 6) is -3.59. The predicted molar refractivity (Wildman–Crippen MR) is 233 cm³/mol. The summed E-state index contributed by atoms with van der Waals surface area (Å²) in [6.45, 7) is 0.674. The van der Waals surface area contributed by atoms with Gasteiger partial charge in [-0.25, -0.2) is 8.78 Å². The summed E-state index contributed by atoms with van der Waals surface area (Å²) in [5, 5.41) is 20.0. The number of piperidine rings is 1. The maximum absolute atomic E-state index is 15.6. The Bertz CT molecular complexity index is 2880. The number of carbonyl (C=O) groups excluding carboxylic acids is 5. The number of hydrogen-bond acceptors (Lipinski definition) is 11. The lowest BCUT2D eigenvalue weighted by Gasteiger charge is -2.29. The Morgan fingerprint density at radius 3 is 2.51 bits per heavy atom. The average Bonchev–Trinajstić information content (AvgIpc) is 3.90. The van der Waals surface area contributed by atoms with Gasteiger partial charge in [0.25, 0.3) is 17.7 Å². The minimum absolute atomic E-state index is 0.0446. The molecular weight excluding hydrogens is 864 g/mol. The van der Waals surface area contributed by atoms with Gasteiger partial charge in [0.1, 0.15) is 35.7 Å². The van der Waals surface area contributed by atoms with Gasteiger partial charge in [0.15, 0.2) is 0 Å². The fraction of sp³-hybridized carbons (Fsp3) is 0.261. The van der Waals surface area contributed by atoms with Gasteiger partial charge in [-0.3, -0.25) is 39.0 Å². The van der Waals surface area contributed by atoms with Crippen LogP contribution in [0.4, 0.5) is 24.0 Å². The van der Waals surface area contributed by atoms with Crippen molar-refractivity contribution in [2.75, 3.05) is 11.9 Å². The third-order valence-electron chi connectivity index (χ3n) is 11.4. The smallest absolute Gasteiger partial charge is 0.255 e. The molecule has 0 radical (unpaired) electrons. The van der Waals surface area contributed by atoms with Crippen molar-refractivity contribution in [3.05, 3.63) is 125 Å². The number of halogens is 3. The lowest BCUT2D eigenvalue weighted by molar-refractivity contribution is -0.136. The van der Waals surface area contributed by atoms with Crippen molar-refractivity contribution < 1.29 is 41.4 Å². The van der Waals surface area contributed by atoms with Crippen molar-refractivity contribution >= 4 is 64.0 Å².